The molecule has 224 valence electrons. The SMILES string of the molecule is C[C@H](N)CCCc1cc(C(F)(F)F)cc(-c2cc3cn(-c4ccc([C@H](C)NCCCN=C(N)N)cc4)c(=O)nc3[nH]2)n1. The Morgan fingerprint density at radius 2 is 1.83 bits per heavy atom. The van der Waals surface area contributed by atoms with Gasteiger partial charge in [0.1, 0.15) is 5.65 Å². The van der Waals surface area contributed by atoms with Gasteiger partial charge in [0.25, 0.3) is 0 Å². The molecule has 0 amide bonds. The van der Waals surface area contributed by atoms with Crippen LogP contribution in [0.1, 0.15) is 56.0 Å². The van der Waals surface area contributed by atoms with E-state index in [1.807, 2.05) is 38.1 Å². The van der Waals surface area contributed by atoms with Crippen molar-refractivity contribution in [1.82, 2.24) is 24.8 Å². The maximum Gasteiger partial charge on any atom is 0.416 e. The zero-order valence-corrected chi connectivity index (χ0v) is 23.6. The number of pyridine rings is 1. The lowest BCUT2D eigenvalue weighted by molar-refractivity contribution is -0.137. The minimum atomic E-state index is -4.53. The van der Waals surface area contributed by atoms with Gasteiger partial charge in [-0.25, -0.2) is 4.79 Å². The number of halogens is 3. The van der Waals surface area contributed by atoms with Crippen LogP contribution in [0.3, 0.4) is 0 Å². The first-order chi connectivity index (χ1) is 19.9. The van der Waals surface area contributed by atoms with Crippen LogP contribution in [0, 0.1) is 0 Å². The van der Waals surface area contributed by atoms with Crippen LogP contribution < -0.4 is 28.2 Å². The smallest absolute Gasteiger partial charge is 0.370 e. The average molecular weight is 584 g/mol. The van der Waals surface area contributed by atoms with Gasteiger partial charge in [-0.05, 0) is 82.0 Å². The Labute approximate surface area is 241 Å². The minimum Gasteiger partial charge on any atom is -0.370 e. The van der Waals surface area contributed by atoms with Crippen molar-refractivity contribution >= 4 is 17.0 Å². The number of hydrogen-bond donors (Lipinski definition) is 5. The molecule has 0 spiro atoms. The number of rotatable bonds is 12. The maximum atomic E-state index is 13.7. The van der Waals surface area contributed by atoms with Crippen LogP contribution in [0.15, 0.2) is 58.4 Å². The number of H-pyrrole nitrogens is 1. The summed E-state index contributed by atoms with van der Waals surface area (Å²) < 4.78 is 42.4. The van der Waals surface area contributed by atoms with E-state index < -0.39 is 17.4 Å². The summed E-state index contributed by atoms with van der Waals surface area (Å²) in [5.41, 5.74) is 17.8. The molecule has 2 atom stereocenters. The molecule has 1 aromatic carbocycles. The summed E-state index contributed by atoms with van der Waals surface area (Å²) in [7, 11) is 0. The highest BCUT2D eigenvalue weighted by Crippen LogP contribution is 2.33. The summed E-state index contributed by atoms with van der Waals surface area (Å²) in [6, 6.07) is 11.2. The second kappa shape index (κ2) is 13.2. The molecular weight excluding hydrogens is 547 g/mol. The highest BCUT2D eigenvalue weighted by molar-refractivity contribution is 5.81. The number of guanidine groups is 1. The highest BCUT2D eigenvalue weighted by Gasteiger charge is 2.32. The molecule has 4 aromatic rings. The van der Waals surface area contributed by atoms with E-state index in [1.165, 1.54) is 4.57 Å². The normalized spacial score (nSPS) is 13.3. The molecule has 0 aliphatic rings. The van der Waals surface area contributed by atoms with Crippen LogP contribution in [-0.2, 0) is 12.6 Å². The molecular formula is C29H36F3N9O. The van der Waals surface area contributed by atoms with E-state index in [9.17, 15) is 18.0 Å². The van der Waals surface area contributed by atoms with Crippen molar-refractivity contribution in [2.45, 2.75) is 57.8 Å². The van der Waals surface area contributed by atoms with Gasteiger partial charge in [-0.3, -0.25) is 14.5 Å². The van der Waals surface area contributed by atoms with Crippen molar-refractivity contribution in [2.24, 2.45) is 22.2 Å². The number of aryl methyl sites for hydroxylation is 1. The summed E-state index contributed by atoms with van der Waals surface area (Å²) >= 11 is 0. The number of fused-ring (bicyclic) bond motifs is 1. The number of aliphatic imine (C=N–C) groups is 1. The summed E-state index contributed by atoms with van der Waals surface area (Å²) in [6.45, 7) is 5.15. The van der Waals surface area contributed by atoms with Gasteiger partial charge in [-0.15, -0.1) is 0 Å². The fraction of sp³-hybridized carbons (Fsp3) is 0.379. The number of hydrogen-bond acceptors (Lipinski definition) is 6. The second-order valence-electron chi connectivity index (χ2n) is 10.4. The van der Waals surface area contributed by atoms with Crippen molar-refractivity contribution in [1.29, 1.82) is 0 Å². The molecule has 0 aliphatic carbocycles. The van der Waals surface area contributed by atoms with Gasteiger partial charge in [0.05, 0.1) is 22.6 Å². The molecule has 0 saturated carbocycles. The quantitative estimate of drug-likeness (QED) is 0.0961. The molecule has 0 bridgehead atoms. The van der Waals surface area contributed by atoms with Gasteiger partial charge in [0.15, 0.2) is 5.96 Å². The van der Waals surface area contributed by atoms with Gasteiger partial charge in [0, 0.05) is 35.9 Å². The topological polar surface area (TPSA) is 166 Å². The zero-order valence-electron chi connectivity index (χ0n) is 23.6. The second-order valence-corrected chi connectivity index (χ2v) is 10.4. The molecule has 0 unspecified atom stereocenters. The Kier molecular flexibility index (Phi) is 9.63. The van der Waals surface area contributed by atoms with Crippen LogP contribution >= 0.6 is 0 Å². The predicted molar refractivity (Wildman–Crippen MR) is 158 cm³/mol. The highest BCUT2D eigenvalue weighted by atomic mass is 19.4. The number of nitrogens with two attached hydrogens (primary N) is 3. The van der Waals surface area contributed by atoms with Crippen LogP contribution in [0.25, 0.3) is 28.1 Å². The molecule has 10 nitrogen and oxygen atoms in total. The molecule has 3 aromatic heterocycles. The summed E-state index contributed by atoms with van der Waals surface area (Å²) in [6.07, 6.45) is -0.480. The third-order valence-electron chi connectivity index (χ3n) is 6.83. The van der Waals surface area contributed by atoms with Crippen molar-refractivity contribution in [3.8, 4) is 17.1 Å². The van der Waals surface area contributed by atoms with Gasteiger partial charge in [-0.1, -0.05) is 12.1 Å². The van der Waals surface area contributed by atoms with Gasteiger partial charge in [0.2, 0.25) is 0 Å². The van der Waals surface area contributed by atoms with Crippen LogP contribution in [0.2, 0.25) is 0 Å². The van der Waals surface area contributed by atoms with Crippen molar-refractivity contribution in [3.63, 3.8) is 0 Å². The largest absolute Gasteiger partial charge is 0.416 e. The Bertz CT molecular complexity index is 1590. The standard InChI is InChI=1S/C29H36F3N9O/c1-17(33)5-3-6-22-14-21(29(30,31)32)15-25(38-22)24-13-20-16-41(28(42)40-26(20)39-24)23-9-7-19(8-10-23)18(2)36-11-4-12-37-27(34)35/h7-10,13-18,36H,3-6,11-12,33H2,1-2H3,(H4,34,35,37)(H,39,40,42)/t17-,18-/m0/s1. The van der Waals surface area contributed by atoms with Crippen LogP contribution in [-0.4, -0.2) is 44.6 Å². The first-order valence-electron chi connectivity index (χ1n) is 13.8. The fourth-order valence-electron chi connectivity index (χ4n) is 4.59. The summed E-state index contributed by atoms with van der Waals surface area (Å²) in [4.78, 5) is 28.4. The van der Waals surface area contributed by atoms with E-state index in [2.05, 4.69) is 25.3 Å². The Morgan fingerprint density at radius 1 is 1.10 bits per heavy atom. The number of nitrogens with one attached hydrogen (secondary N) is 2. The molecule has 42 heavy (non-hydrogen) atoms. The van der Waals surface area contributed by atoms with Crippen molar-refractivity contribution in [3.05, 3.63) is 76.0 Å². The van der Waals surface area contributed by atoms with E-state index in [-0.39, 0.29) is 29.4 Å². The number of nitrogens with zero attached hydrogens (tertiary/aromatic N) is 4. The molecule has 0 aliphatic heterocycles. The first kappa shape index (κ1) is 30.7. The van der Waals surface area contributed by atoms with Crippen LogP contribution in [0.4, 0.5) is 13.2 Å². The molecule has 0 saturated heterocycles. The Balaban J connectivity index is 1.56. The van der Waals surface area contributed by atoms with E-state index in [1.54, 1.807) is 12.3 Å². The number of benzene rings is 1. The molecule has 13 heteroatoms. The van der Waals surface area contributed by atoms with Crippen molar-refractivity contribution in [2.75, 3.05) is 13.1 Å². The first-order valence-corrected chi connectivity index (χ1v) is 13.8. The Hall–Kier alpha value is -4.23. The predicted octanol–water partition coefficient (Wildman–Crippen LogP) is 3.78. The van der Waals surface area contributed by atoms with E-state index >= 15 is 0 Å². The third kappa shape index (κ3) is 7.95. The minimum absolute atomic E-state index is 0.0489. The number of aromatic nitrogens is 4. The van der Waals surface area contributed by atoms with Gasteiger partial charge < -0.3 is 27.5 Å². The zero-order chi connectivity index (χ0) is 30.4. The molecule has 4 rings (SSSR count). The third-order valence-corrected chi connectivity index (χ3v) is 6.83. The average Bonchev–Trinajstić information content (AvgIpc) is 3.34. The lowest BCUT2D eigenvalue weighted by atomic mass is 10.1. The van der Waals surface area contributed by atoms with Crippen LogP contribution in [0.5, 0.6) is 0 Å². The summed E-state index contributed by atoms with van der Waals surface area (Å²) in [5.74, 6) is 0.0719. The molecule has 3 heterocycles. The lowest BCUT2D eigenvalue weighted by Crippen LogP contribution is -2.24. The van der Waals surface area contributed by atoms with Gasteiger partial charge >= 0.3 is 11.9 Å². The Morgan fingerprint density at radius 3 is 2.50 bits per heavy atom. The summed E-state index contributed by atoms with van der Waals surface area (Å²) in [5, 5.41) is 3.96. The van der Waals surface area contributed by atoms with Crippen molar-refractivity contribution < 1.29 is 13.2 Å². The maximum absolute atomic E-state index is 13.7. The molecule has 0 radical (unpaired) electrons. The molecule has 8 N–H and O–H groups in total. The van der Waals surface area contributed by atoms with Gasteiger partial charge in [-0.2, -0.15) is 18.2 Å². The molecule has 0 fully saturated rings. The number of alkyl halides is 3. The monoisotopic (exact) mass is 583 g/mol. The van der Waals surface area contributed by atoms with E-state index in [0.717, 1.165) is 30.7 Å². The number of aromatic amines is 1. The lowest BCUT2D eigenvalue weighted by Gasteiger charge is -2.15. The van der Waals surface area contributed by atoms with E-state index in [4.69, 9.17) is 17.2 Å². The fourth-order valence-corrected chi connectivity index (χ4v) is 4.59. The van der Waals surface area contributed by atoms with E-state index in [0.29, 0.717) is 48.3 Å².